The maximum absolute atomic E-state index is 13.7. The summed E-state index contributed by atoms with van der Waals surface area (Å²) in [6, 6.07) is 21.1. The molecule has 0 bridgehead atoms. The summed E-state index contributed by atoms with van der Waals surface area (Å²) in [6.07, 6.45) is 0. The lowest BCUT2D eigenvalue weighted by Crippen LogP contribution is -2.63. The van der Waals surface area contributed by atoms with Crippen LogP contribution in [-0.2, 0) is 24.4 Å². The van der Waals surface area contributed by atoms with E-state index in [4.69, 9.17) is 11.6 Å². The molecule has 7 heteroatoms. The van der Waals surface area contributed by atoms with Gasteiger partial charge in [0.25, 0.3) is 5.91 Å². The highest BCUT2D eigenvalue weighted by molar-refractivity contribution is 7.16. The van der Waals surface area contributed by atoms with Crippen LogP contribution < -0.4 is 5.32 Å². The molecule has 162 valence electrons. The van der Waals surface area contributed by atoms with E-state index in [1.165, 1.54) is 0 Å². The number of rotatable bonds is 5. The molecule has 32 heavy (non-hydrogen) atoms. The van der Waals surface area contributed by atoms with E-state index in [9.17, 15) is 9.59 Å². The largest absolute Gasteiger partial charge is 0.350 e. The summed E-state index contributed by atoms with van der Waals surface area (Å²) in [5.41, 5.74) is 1.45. The Morgan fingerprint density at radius 3 is 2.66 bits per heavy atom. The van der Waals surface area contributed by atoms with Crippen molar-refractivity contribution in [3.05, 3.63) is 94.0 Å². The summed E-state index contributed by atoms with van der Waals surface area (Å²) in [5, 5.41) is 6.69. The molecule has 4 aromatic rings. The molecule has 3 heterocycles. The molecule has 2 aromatic heterocycles. The van der Waals surface area contributed by atoms with Crippen molar-refractivity contribution in [3.63, 3.8) is 0 Å². The zero-order valence-corrected chi connectivity index (χ0v) is 19.1. The molecule has 5 nitrogen and oxygen atoms in total. The van der Waals surface area contributed by atoms with Crippen LogP contribution in [-0.4, -0.2) is 26.8 Å². The number of benzene rings is 2. The Morgan fingerprint density at radius 1 is 1.09 bits per heavy atom. The number of nitrogens with one attached hydrogen (secondary N) is 1. The Hall–Kier alpha value is -3.09. The number of aromatic nitrogens is 1. The summed E-state index contributed by atoms with van der Waals surface area (Å²) in [6.45, 7) is 2.94. The first-order chi connectivity index (χ1) is 15.5. The monoisotopic (exact) mass is 463 g/mol. The molecule has 0 unspecified atom stereocenters. The van der Waals surface area contributed by atoms with Gasteiger partial charge in [0.2, 0.25) is 5.91 Å². The van der Waals surface area contributed by atoms with Gasteiger partial charge in [0.15, 0.2) is 0 Å². The standard InChI is InChI=1S/C25H22ClN3O2S/c1-25(24(31)27-14-17-6-3-2-4-7-17)16-28-21(13-19-10-11-32-23(19)28)22(30)29(25)15-18-8-5-9-20(26)12-18/h2-13H,14-16H2,1H3,(H,27,31)/t25-/m0/s1. The Balaban J connectivity index is 1.52. The molecule has 0 spiro atoms. The predicted molar refractivity (Wildman–Crippen MR) is 128 cm³/mol. The minimum absolute atomic E-state index is 0.156. The van der Waals surface area contributed by atoms with Gasteiger partial charge in [0, 0.05) is 23.5 Å². The first kappa shape index (κ1) is 20.8. The van der Waals surface area contributed by atoms with E-state index in [1.807, 2.05) is 77.5 Å². The van der Waals surface area contributed by atoms with Gasteiger partial charge >= 0.3 is 0 Å². The van der Waals surface area contributed by atoms with E-state index in [-0.39, 0.29) is 11.8 Å². The molecular formula is C25H22ClN3O2S. The highest BCUT2D eigenvalue weighted by Gasteiger charge is 2.47. The summed E-state index contributed by atoms with van der Waals surface area (Å²) >= 11 is 7.77. The first-order valence-electron chi connectivity index (χ1n) is 10.4. The van der Waals surface area contributed by atoms with Crippen molar-refractivity contribution in [2.45, 2.75) is 32.1 Å². The van der Waals surface area contributed by atoms with E-state index in [1.54, 1.807) is 22.3 Å². The van der Waals surface area contributed by atoms with Crippen LogP contribution in [0.1, 0.15) is 28.5 Å². The molecular weight excluding hydrogens is 442 g/mol. The quantitative estimate of drug-likeness (QED) is 0.448. The van der Waals surface area contributed by atoms with E-state index in [0.717, 1.165) is 21.3 Å². The second-order valence-corrected chi connectivity index (χ2v) is 9.59. The summed E-state index contributed by atoms with van der Waals surface area (Å²) in [7, 11) is 0. The van der Waals surface area contributed by atoms with Gasteiger partial charge in [0.05, 0.1) is 6.54 Å². The number of nitrogens with zero attached hydrogens (tertiary/aromatic N) is 2. The smallest absolute Gasteiger partial charge is 0.271 e. The lowest BCUT2D eigenvalue weighted by atomic mass is 9.93. The Morgan fingerprint density at radius 2 is 1.88 bits per heavy atom. The van der Waals surface area contributed by atoms with Gasteiger partial charge in [-0.05, 0) is 47.7 Å². The van der Waals surface area contributed by atoms with Gasteiger partial charge in [-0.25, -0.2) is 0 Å². The second-order valence-electron chi connectivity index (χ2n) is 8.26. The number of carbonyl (C=O) groups is 2. The van der Waals surface area contributed by atoms with Gasteiger partial charge in [-0.2, -0.15) is 0 Å². The lowest BCUT2D eigenvalue weighted by molar-refractivity contribution is -0.133. The summed E-state index contributed by atoms with van der Waals surface area (Å²) < 4.78 is 1.99. The minimum atomic E-state index is -1.06. The third-order valence-electron chi connectivity index (χ3n) is 6.04. The normalized spacial score (nSPS) is 18.1. The fourth-order valence-corrected chi connectivity index (χ4v) is 5.40. The molecule has 1 atom stereocenters. The van der Waals surface area contributed by atoms with Crippen molar-refractivity contribution in [2.75, 3.05) is 0 Å². The molecule has 2 amide bonds. The maximum atomic E-state index is 13.7. The average molecular weight is 464 g/mol. The van der Waals surface area contributed by atoms with E-state index >= 15 is 0 Å². The van der Waals surface area contributed by atoms with Crippen LogP contribution in [0.3, 0.4) is 0 Å². The van der Waals surface area contributed by atoms with Crippen LogP contribution in [0.4, 0.5) is 0 Å². The number of hydrogen-bond acceptors (Lipinski definition) is 3. The predicted octanol–water partition coefficient (Wildman–Crippen LogP) is 5.09. The third-order valence-corrected chi connectivity index (χ3v) is 7.23. The van der Waals surface area contributed by atoms with E-state index in [2.05, 4.69) is 5.32 Å². The number of fused-ring (bicyclic) bond motifs is 3. The van der Waals surface area contributed by atoms with Crippen molar-refractivity contribution in [1.29, 1.82) is 0 Å². The fraction of sp³-hybridized carbons (Fsp3) is 0.200. The molecule has 0 saturated carbocycles. The number of amides is 2. The number of halogens is 1. The molecule has 5 rings (SSSR count). The van der Waals surface area contributed by atoms with Crippen LogP contribution in [0.5, 0.6) is 0 Å². The molecule has 0 aliphatic carbocycles. The van der Waals surface area contributed by atoms with E-state index < -0.39 is 5.54 Å². The zero-order valence-electron chi connectivity index (χ0n) is 17.5. The Labute approximate surface area is 195 Å². The summed E-state index contributed by atoms with van der Waals surface area (Å²) in [4.78, 5) is 29.9. The SMILES string of the molecule is C[C@@]1(C(=O)NCc2ccccc2)Cn2c(cc3ccsc32)C(=O)N1Cc1cccc(Cl)c1. The molecule has 1 aliphatic rings. The molecule has 0 radical (unpaired) electrons. The van der Waals surface area contributed by atoms with Crippen LogP contribution >= 0.6 is 22.9 Å². The van der Waals surface area contributed by atoms with Crippen molar-refractivity contribution >= 4 is 45.0 Å². The number of hydrogen-bond donors (Lipinski definition) is 1. The van der Waals surface area contributed by atoms with Gasteiger partial charge in [-0.1, -0.05) is 54.1 Å². The zero-order chi connectivity index (χ0) is 22.3. The number of thiophene rings is 1. The fourth-order valence-electron chi connectivity index (χ4n) is 4.29. The highest BCUT2D eigenvalue weighted by atomic mass is 35.5. The highest BCUT2D eigenvalue weighted by Crippen LogP contribution is 2.35. The molecule has 1 N–H and O–H groups in total. The maximum Gasteiger partial charge on any atom is 0.271 e. The van der Waals surface area contributed by atoms with E-state index in [0.29, 0.717) is 30.4 Å². The van der Waals surface area contributed by atoms with Crippen molar-refractivity contribution < 1.29 is 9.59 Å². The lowest BCUT2D eigenvalue weighted by Gasteiger charge is -2.44. The van der Waals surface area contributed by atoms with Gasteiger partial charge in [-0.3, -0.25) is 9.59 Å². The molecule has 1 aliphatic heterocycles. The summed E-state index contributed by atoms with van der Waals surface area (Å²) in [5.74, 6) is -0.335. The topological polar surface area (TPSA) is 54.3 Å². The van der Waals surface area contributed by atoms with Gasteiger partial charge < -0.3 is 14.8 Å². The van der Waals surface area contributed by atoms with Crippen molar-refractivity contribution in [3.8, 4) is 0 Å². The van der Waals surface area contributed by atoms with Crippen molar-refractivity contribution in [2.24, 2.45) is 0 Å². The molecule has 2 aromatic carbocycles. The average Bonchev–Trinajstić information content (AvgIpc) is 3.38. The second kappa shape index (κ2) is 8.11. The van der Waals surface area contributed by atoms with Crippen LogP contribution in [0.25, 0.3) is 10.2 Å². The first-order valence-corrected chi connectivity index (χ1v) is 11.7. The van der Waals surface area contributed by atoms with Crippen LogP contribution in [0, 0.1) is 0 Å². The molecule has 0 saturated heterocycles. The van der Waals surface area contributed by atoms with Crippen LogP contribution in [0.2, 0.25) is 5.02 Å². The Kier molecular flexibility index (Phi) is 5.27. The Bertz CT molecular complexity index is 1310. The minimum Gasteiger partial charge on any atom is -0.350 e. The van der Waals surface area contributed by atoms with Gasteiger partial charge in [0.1, 0.15) is 16.1 Å². The number of carbonyl (C=O) groups excluding carboxylic acids is 2. The molecule has 0 fully saturated rings. The third kappa shape index (κ3) is 3.59. The van der Waals surface area contributed by atoms with Crippen molar-refractivity contribution in [1.82, 2.24) is 14.8 Å². The van der Waals surface area contributed by atoms with Crippen LogP contribution in [0.15, 0.2) is 72.1 Å². The van der Waals surface area contributed by atoms with Gasteiger partial charge in [-0.15, -0.1) is 11.3 Å².